The van der Waals surface area contributed by atoms with Gasteiger partial charge in [0.15, 0.2) is 6.61 Å². The quantitative estimate of drug-likeness (QED) is 0.384. The van der Waals surface area contributed by atoms with Gasteiger partial charge in [0.05, 0.1) is 36.7 Å². The van der Waals surface area contributed by atoms with E-state index >= 15 is 0 Å². The summed E-state index contributed by atoms with van der Waals surface area (Å²) in [6, 6.07) is 19.5. The number of hydrogen-bond donors (Lipinski definition) is 1. The number of hydrogen-bond acceptors (Lipinski definition) is 7. The van der Waals surface area contributed by atoms with Crippen LogP contribution in [0.5, 0.6) is 11.5 Å². The molecule has 1 amide bonds. The summed E-state index contributed by atoms with van der Waals surface area (Å²) in [5.74, 6) is -0.319. The number of amides is 1. The SMILES string of the molecule is COc1ccc(C2CC(c3ccccc3)=NN2C(=O)COC(=O)c2cc(Cl)c(N)cc2OC)cc1. The summed E-state index contributed by atoms with van der Waals surface area (Å²) in [5, 5.41) is 6.13. The number of hydrazone groups is 1. The number of nitrogens with zero attached hydrogens (tertiary/aromatic N) is 2. The van der Waals surface area contributed by atoms with Gasteiger partial charge >= 0.3 is 5.97 Å². The number of nitrogens with two attached hydrogens (primary N) is 1. The second-order valence-electron chi connectivity index (χ2n) is 7.79. The van der Waals surface area contributed by atoms with Crippen molar-refractivity contribution < 1.29 is 23.8 Å². The lowest BCUT2D eigenvalue weighted by molar-refractivity contribution is -0.136. The minimum Gasteiger partial charge on any atom is -0.497 e. The smallest absolute Gasteiger partial charge is 0.342 e. The Hall–Kier alpha value is -4.04. The topological polar surface area (TPSA) is 103 Å². The van der Waals surface area contributed by atoms with Crippen LogP contribution in [0, 0.1) is 0 Å². The van der Waals surface area contributed by atoms with E-state index in [-0.39, 0.29) is 28.1 Å². The Labute approximate surface area is 207 Å². The fourth-order valence-corrected chi connectivity index (χ4v) is 3.96. The predicted octanol–water partition coefficient (Wildman–Crippen LogP) is 4.47. The van der Waals surface area contributed by atoms with Crippen molar-refractivity contribution in [1.82, 2.24) is 5.01 Å². The average Bonchev–Trinajstić information content (AvgIpc) is 3.34. The largest absolute Gasteiger partial charge is 0.497 e. The summed E-state index contributed by atoms with van der Waals surface area (Å²) in [6.45, 7) is -0.512. The molecule has 3 aromatic rings. The molecule has 0 aromatic heterocycles. The third-order valence-electron chi connectivity index (χ3n) is 5.64. The molecule has 0 bridgehead atoms. The standard InChI is InChI=1S/C26H24ClN3O5/c1-33-18-10-8-17(9-11-18)23-14-22(16-6-4-3-5-7-16)29-30(23)25(31)15-35-26(32)19-12-20(27)21(28)13-24(19)34-2/h3-13,23H,14-15,28H2,1-2H3. The van der Waals surface area contributed by atoms with Crippen molar-refractivity contribution in [2.75, 3.05) is 26.6 Å². The number of methoxy groups -OCH3 is 2. The van der Waals surface area contributed by atoms with E-state index in [4.69, 9.17) is 31.5 Å². The highest BCUT2D eigenvalue weighted by Crippen LogP contribution is 2.34. The molecule has 0 aliphatic carbocycles. The van der Waals surface area contributed by atoms with Gasteiger partial charge in [0, 0.05) is 12.5 Å². The van der Waals surface area contributed by atoms with Gasteiger partial charge in [-0.05, 0) is 29.3 Å². The minimum absolute atomic E-state index is 0.0705. The zero-order chi connectivity index (χ0) is 24.9. The maximum atomic E-state index is 13.2. The first kappa shape index (κ1) is 24.1. The van der Waals surface area contributed by atoms with E-state index in [0.717, 1.165) is 16.8 Å². The first-order chi connectivity index (χ1) is 16.9. The van der Waals surface area contributed by atoms with Crippen LogP contribution in [0.1, 0.15) is 33.9 Å². The van der Waals surface area contributed by atoms with Crippen LogP contribution in [0.15, 0.2) is 71.8 Å². The third-order valence-corrected chi connectivity index (χ3v) is 5.97. The number of ether oxygens (including phenoxy) is 3. The molecule has 0 fully saturated rings. The molecule has 4 rings (SSSR count). The van der Waals surface area contributed by atoms with E-state index in [2.05, 4.69) is 5.10 Å². The van der Waals surface area contributed by atoms with Crippen molar-refractivity contribution in [3.63, 3.8) is 0 Å². The van der Waals surface area contributed by atoms with Crippen LogP contribution in [-0.2, 0) is 9.53 Å². The highest BCUT2D eigenvalue weighted by molar-refractivity contribution is 6.33. The van der Waals surface area contributed by atoms with E-state index in [0.29, 0.717) is 12.2 Å². The molecular weight excluding hydrogens is 470 g/mol. The molecule has 1 atom stereocenters. The number of carbonyl (C=O) groups excluding carboxylic acids is 2. The molecule has 1 unspecified atom stereocenters. The predicted molar refractivity (Wildman–Crippen MR) is 133 cm³/mol. The maximum Gasteiger partial charge on any atom is 0.342 e. The molecule has 1 heterocycles. The number of benzene rings is 3. The summed E-state index contributed by atoms with van der Waals surface area (Å²) in [4.78, 5) is 25.9. The lowest BCUT2D eigenvalue weighted by Crippen LogP contribution is -2.31. The molecule has 1 aliphatic rings. The van der Waals surface area contributed by atoms with Gasteiger partial charge in [0.2, 0.25) is 0 Å². The molecule has 0 radical (unpaired) electrons. The number of rotatable bonds is 7. The van der Waals surface area contributed by atoms with Gasteiger partial charge in [-0.15, -0.1) is 0 Å². The molecule has 0 saturated heterocycles. The molecule has 9 heteroatoms. The van der Waals surface area contributed by atoms with Gasteiger partial charge in [0.1, 0.15) is 17.1 Å². The number of nitrogen functional groups attached to an aromatic ring is 1. The van der Waals surface area contributed by atoms with Crippen LogP contribution in [0.3, 0.4) is 0 Å². The lowest BCUT2D eigenvalue weighted by atomic mass is 9.98. The van der Waals surface area contributed by atoms with Crippen LogP contribution in [0.2, 0.25) is 5.02 Å². The normalized spacial score (nSPS) is 14.9. The minimum atomic E-state index is -0.760. The van der Waals surface area contributed by atoms with Crippen molar-refractivity contribution in [1.29, 1.82) is 0 Å². The molecule has 35 heavy (non-hydrogen) atoms. The maximum absolute atomic E-state index is 13.2. The molecular formula is C26H24ClN3O5. The summed E-state index contributed by atoms with van der Waals surface area (Å²) >= 11 is 6.05. The molecule has 180 valence electrons. The van der Waals surface area contributed by atoms with Crippen LogP contribution in [0.4, 0.5) is 5.69 Å². The molecule has 3 aromatic carbocycles. The van der Waals surface area contributed by atoms with Crippen molar-refractivity contribution in [3.8, 4) is 11.5 Å². The Morgan fingerprint density at radius 3 is 2.43 bits per heavy atom. The molecule has 0 saturated carbocycles. The van der Waals surface area contributed by atoms with Crippen molar-refractivity contribution >= 4 is 34.9 Å². The van der Waals surface area contributed by atoms with Gasteiger partial charge in [-0.2, -0.15) is 5.10 Å². The summed E-state index contributed by atoms with van der Waals surface area (Å²) < 4.78 is 15.7. The van der Waals surface area contributed by atoms with Crippen LogP contribution < -0.4 is 15.2 Å². The lowest BCUT2D eigenvalue weighted by Gasteiger charge is -2.22. The first-order valence-electron chi connectivity index (χ1n) is 10.8. The van der Waals surface area contributed by atoms with Crippen molar-refractivity contribution in [2.24, 2.45) is 5.10 Å². The molecule has 0 spiro atoms. The van der Waals surface area contributed by atoms with Gasteiger partial charge in [-0.3, -0.25) is 4.79 Å². The van der Waals surface area contributed by atoms with E-state index in [9.17, 15) is 9.59 Å². The van der Waals surface area contributed by atoms with Gasteiger partial charge < -0.3 is 19.9 Å². The molecule has 8 nitrogen and oxygen atoms in total. The zero-order valence-electron chi connectivity index (χ0n) is 19.2. The second kappa shape index (κ2) is 10.5. The summed E-state index contributed by atoms with van der Waals surface area (Å²) in [5.41, 5.74) is 8.67. The van der Waals surface area contributed by atoms with Crippen LogP contribution in [-0.4, -0.2) is 43.4 Å². The Morgan fingerprint density at radius 1 is 1.06 bits per heavy atom. The summed E-state index contributed by atoms with van der Waals surface area (Å²) in [6.07, 6.45) is 0.511. The monoisotopic (exact) mass is 493 g/mol. The van der Waals surface area contributed by atoms with E-state index < -0.39 is 18.5 Å². The highest BCUT2D eigenvalue weighted by Gasteiger charge is 2.33. The Bertz CT molecular complexity index is 1260. The fourth-order valence-electron chi connectivity index (χ4n) is 3.80. The van der Waals surface area contributed by atoms with Gasteiger partial charge in [0.25, 0.3) is 5.91 Å². The molecule has 2 N–H and O–H groups in total. The van der Waals surface area contributed by atoms with Crippen LogP contribution >= 0.6 is 11.6 Å². The van der Waals surface area contributed by atoms with Crippen molar-refractivity contribution in [2.45, 2.75) is 12.5 Å². The van der Waals surface area contributed by atoms with Crippen molar-refractivity contribution in [3.05, 3.63) is 88.4 Å². The number of halogens is 1. The van der Waals surface area contributed by atoms with E-state index in [1.807, 2.05) is 54.6 Å². The van der Waals surface area contributed by atoms with Gasteiger partial charge in [-0.25, -0.2) is 9.80 Å². The number of anilines is 1. The Morgan fingerprint density at radius 2 is 1.77 bits per heavy atom. The third kappa shape index (κ3) is 5.22. The van der Waals surface area contributed by atoms with Crippen LogP contribution in [0.25, 0.3) is 0 Å². The van der Waals surface area contributed by atoms with Gasteiger partial charge in [-0.1, -0.05) is 54.1 Å². The Kier molecular flexibility index (Phi) is 7.22. The molecule has 1 aliphatic heterocycles. The second-order valence-corrected chi connectivity index (χ2v) is 8.20. The average molecular weight is 494 g/mol. The number of esters is 1. The highest BCUT2D eigenvalue weighted by atomic mass is 35.5. The number of carbonyl (C=O) groups is 2. The Balaban J connectivity index is 1.55. The fraction of sp³-hybridized carbons (Fsp3) is 0.192. The van der Waals surface area contributed by atoms with E-state index in [1.54, 1.807) is 7.11 Å². The summed E-state index contributed by atoms with van der Waals surface area (Å²) in [7, 11) is 2.99. The first-order valence-corrected chi connectivity index (χ1v) is 11.2. The van der Waals surface area contributed by atoms with E-state index in [1.165, 1.54) is 24.3 Å². The zero-order valence-corrected chi connectivity index (χ0v) is 20.0.